The lowest BCUT2D eigenvalue weighted by Gasteiger charge is -2.38. The minimum atomic E-state index is -0.0119. The second-order valence-electron chi connectivity index (χ2n) is 6.64. The van der Waals surface area contributed by atoms with Crippen molar-refractivity contribution in [3.8, 4) is 0 Å². The molecule has 1 aliphatic rings. The Morgan fingerprint density at radius 3 is 2.64 bits per heavy atom. The fraction of sp³-hybridized carbons (Fsp3) is 0.650. The summed E-state index contributed by atoms with van der Waals surface area (Å²) >= 11 is 0. The molecule has 0 aliphatic carbocycles. The van der Waals surface area contributed by atoms with Crippen molar-refractivity contribution in [2.24, 2.45) is 5.92 Å². The van der Waals surface area contributed by atoms with Crippen LogP contribution in [-0.2, 0) is 16.1 Å². The van der Waals surface area contributed by atoms with E-state index in [9.17, 15) is 4.79 Å². The van der Waals surface area contributed by atoms with Gasteiger partial charge in [0.25, 0.3) is 5.91 Å². The second-order valence-corrected chi connectivity index (χ2v) is 6.64. The van der Waals surface area contributed by atoms with Crippen molar-refractivity contribution in [2.45, 2.75) is 39.3 Å². The maximum Gasteiger partial charge on any atom is 0.251 e. The first-order chi connectivity index (χ1) is 12.2. The molecule has 1 saturated heterocycles. The van der Waals surface area contributed by atoms with E-state index in [0.29, 0.717) is 30.7 Å². The number of rotatable bonds is 9. The van der Waals surface area contributed by atoms with Gasteiger partial charge < -0.3 is 14.8 Å². The van der Waals surface area contributed by atoms with Crippen molar-refractivity contribution in [3.63, 3.8) is 0 Å². The van der Waals surface area contributed by atoms with E-state index in [-0.39, 0.29) is 5.91 Å². The minimum Gasteiger partial charge on any atom is -0.380 e. The largest absolute Gasteiger partial charge is 0.380 e. The maximum atomic E-state index is 12.6. The van der Waals surface area contributed by atoms with Crippen LogP contribution in [0.3, 0.4) is 0 Å². The number of ether oxygens (including phenoxy) is 2. The number of methoxy groups -OCH3 is 1. The number of hydrogen-bond donors (Lipinski definition) is 1. The van der Waals surface area contributed by atoms with Gasteiger partial charge in [0, 0.05) is 38.3 Å². The van der Waals surface area contributed by atoms with Gasteiger partial charge in [-0.05, 0) is 23.6 Å². The summed E-state index contributed by atoms with van der Waals surface area (Å²) < 4.78 is 10.6. The summed E-state index contributed by atoms with van der Waals surface area (Å²) in [6, 6.07) is 8.00. The molecule has 5 heteroatoms. The van der Waals surface area contributed by atoms with Gasteiger partial charge in [-0.25, -0.2) is 0 Å². The molecule has 0 spiro atoms. The topological polar surface area (TPSA) is 50.8 Å². The van der Waals surface area contributed by atoms with Gasteiger partial charge in [-0.2, -0.15) is 0 Å². The number of amides is 1. The van der Waals surface area contributed by atoms with E-state index in [1.54, 1.807) is 7.11 Å². The first kappa shape index (κ1) is 19.9. The molecule has 2 rings (SSSR count). The van der Waals surface area contributed by atoms with E-state index in [1.807, 2.05) is 24.3 Å². The van der Waals surface area contributed by atoms with Gasteiger partial charge in [0.15, 0.2) is 0 Å². The number of hydrogen-bond acceptors (Lipinski definition) is 4. The molecule has 1 aliphatic heterocycles. The zero-order valence-corrected chi connectivity index (χ0v) is 15.8. The van der Waals surface area contributed by atoms with Crippen molar-refractivity contribution in [2.75, 3.05) is 40.0 Å². The van der Waals surface area contributed by atoms with Gasteiger partial charge in [-0.3, -0.25) is 9.69 Å². The van der Waals surface area contributed by atoms with Gasteiger partial charge in [0.2, 0.25) is 0 Å². The Morgan fingerprint density at radius 2 is 2.00 bits per heavy atom. The molecular formula is C20H32N2O3. The molecule has 1 atom stereocenters. The summed E-state index contributed by atoms with van der Waals surface area (Å²) in [6.45, 7) is 9.12. The molecule has 25 heavy (non-hydrogen) atoms. The van der Waals surface area contributed by atoms with Crippen LogP contribution in [0.5, 0.6) is 0 Å². The van der Waals surface area contributed by atoms with Crippen molar-refractivity contribution in [3.05, 3.63) is 35.4 Å². The average molecular weight is 348 g/mol. The monoisotopic (exact) mass is 348 g/mol. The van der Waals surface area contributed by atoms with Crippen LogP contribution >= 0.6 is 0 Å². The molecule has 1 aromatic carbocycles. The lowest BCUT2D eigenvalue weighted by molar-refractivity contribution is 0.00191. The summed E-state index contributed by atoms with van der Waals surface area (Å²) in [4.78, 5) is 15.1. The van der Waals surface area contributed by atoms with Crippen molar-refractivity contribution < 1.29 is 14.3 Å². The summed E-state index contributed by atoms with van der Waals surface area (Å²) in [7, 11) is 1.66. The molecule has 1 aromatic rings. The summed E-state index contributed by atoms with van der Waals surface area (Å²) in [5.74, 6) is 0.570. The van der Waals surface area contributed by atoms with Crippen molar-refractivity contribution >= 4 is 5.91 Å². The number of benzene rings is 1. The molecule has 5 nitrogen and oxygen atoms in total. The van der Waals surface area contributed by atoms with E-state index < -0.39 is 0 Å². The molecule has 1 fully saturated rings. The quantitative estimate of drug-likeness (QED) is 0.745. The van der Waals surface area contributed by atoms with Crippen molar-refractivity contribution in [1.29, 1.82) is 0 Å². The summed E-state index contributed by atoms with van der Waals surface area (Å²) in [5.41, 5.74) is 1.71. The highest BCUT2D eigenvalue weighted by Crippen LogP contribution is 2.19. The normalized spacial score (nSPS) is 16.8. The Labute approximate surface area is 151 Å². The third-order valence-electron chi connectivity index (χ3n) is 5.08. The molecule has 140 valence electrons. The van der Waals surface area contributed by atoms with Crippen LogP contribution in [0.1, 0.15) is 42.6 Å². The van der Waals surface area contributed by atoms with E-state index in [0.717, 1.165) is 44.7 Å². The van der Waals surface area contributed by atoms with Crippen molar-refractivity contribution in [1.82, 2.24) is 10.2 Å². The van der Waals surface area contributed by atoms with Gasteiger partial charge in [0.05, 0.1) is 19.8 Å². The minimum absolute atomic E-state index is 0.0119. The number of nitrogens with one attached hydrogen (secondary N) is 1. The van der Waals surface area contributed by atoms with Crippen LogP contribution in [0.2, 0.25) is 0 Å². The predicted octanol–water partition coefficient (Wildman–Crippen LogP) is 2.70. The smallest absolute Gasteiger partial charge is 0.251 e. The van der Waals surface area contributed by atoms with Crippen LogP contribution in [-0.4, -0.2) is 56.8 Å². The first-order valence-electron chi connectivity index (χ1n) is 9.37. The Hall–Kier alpha value is -1.43. The number of carbonyl (C=O) groups is 1. The SMILES string of the molecule is CCC(CC)C(CNC(=O)c1cccc(COC)c1)N1CCOCC1. The lowest BCUT2D eigenvalue weighted by atomic mass is 9.92. The molecule has 1 N–H and O–H groups in total. The summed E-state index contributed by atoms with van der Waals surface area (Å²) in [6.07, 6.45) is 2.25. The van der Waals surface area contributed by atoms with Crippen LogP contribution < -0.4 is 5.32 Å². The van der Waals surface area contributed by atoms with Crippen LogP contribution in [0.25, 0.3) is 0 Å². The number of carbonyl (C=O) groups excluding carboxylic acids is 1. The molecular weight excluding hydrogens is 316 g/mol. The zero-order valence-electron chi connectivity index (χ0n) is 15.8. The number of morpholine rings is 1. The van der Waals surface area contributed by atoms with Crippen LogP contribution in [0.15, 0.2) is 24.3 Å². The molecule has 0 saturated carbocycles. The second kappa shape index (κ2) is 10.5. The molecule has 1 amide bonds. The van der Waals surface area contributed by atoms with Gasteiger partial charge in [-0.1, -0.05) is 38.8 Å². The molecule has 0 bridgehead atoms. The van der Waals surface area contributed by atoms with Gasteiger partial charge in [0.1, 0.15) is 0 Å². The molecule has 1 unspecified atom stereocenters. The Kier molecular flexibility index (Phi) is 8.38. The fourth-order valence-electron chi connectivity index (χ4n) is 3.60. The zero-order chi connectivity index (χ0) is 18.1. The molecule has 0 radical (unpaired) electrons. The van der Waals surface area contributed by atoms with E-state index in [1.165, 1.54) is 0 Å². The van der Waals surface area contributed by atoms with Crippen LogP contribution in [0.4, 0.5) is 0 Å². The Balaban J connectivity index is 2.00. The van der Waals surface area contributed by atoms with E-state index in [4.69, 9.17) is 9.47 Å². The third kappa shape index (κ3) is 5.80. The van der Waals surface area contributed by atoms with Gasteiger partial charge >= 0.3 is 0 Å². The predicted molar refractivity (Wildman–Crippen MR) is 99.7 cm³/mol. The fourth-order valence-corrected chi connectivity index (χ4v) is 3.60. The highest BCUT2D eigenvalue weighted by molar-refractivity contribution is 5.94. The van der Waals surface area contributed by atoms with E-state index in [2.05, 4.69) is 24.1 Å². The lowest BCUT2D eigenvalue weighted by Crippen LogP contribution is -2.52. The highest BCUT2D eigenvalue weighted by Gasteiger charge is 2.27. The van der Waals surface area contributed by atoms with E-state index >= 15 is 0 Å². The molecule has 0 aromatic heterocycles. The highest BCUT2D eigenvalue weighted by atomic mass is 16.5. The average Bonchev–Trinajstić information content (AvgIpc) is 2.66. The number of nitrogens with zero attached hydrogens (tertiary/aromatic N) is 1. The standard InChI is InChI=1S/C20H32N2O3/c1-4-17(5-2)19(22-9-11-25-12-10-22)14-21-20(23)18-8-6-7-16(13-18)15-24-3/h6-8,13,17,19H,4-5,9-12,14-15H2,1-3H3,(H,21,23). The van der Waals surface area contributed by atoms with Crippen LogP contribution in [0, 0.1) is 5.92 Å². The first-order valence-corrected chi connectivity index (χ1v) is 9.37. The molecule has 1 heterocycles. The van der Waals surface area contributed by atoms with Gasteiger partial charge in [-0.15, -0.1) is 0 Å². The Bertz CT molecular complexity index is 525. The maximum absolute atomic E-state index is 12.6. The third-order valence-corrected chi connectivity index (χ3v) is 5.08. The summed E-state index contributed by atoms with van der Waals surface area (Å²) in [5, 5.41) is 3.15. The Morgan fingerprint density at radius 1 is 1.28 bits per heavy atom.